The topological polar surface area (TPSA) is 69.0 Å². The summed E-state index contributed by atoms with van der Waals surface area (Å²) in [6, 6.07) is 10.8. The van der Waals surface area contributed by atoms with Crippen molar-refractivity contribution in [3.05, 3.63) is 48.4 Å². The summed E-state index contributed by atoms with van der Waals surface area (Å²) in [4.78, 5) is 16.6. The molecule has 2 heterocycles. The van der Waals surface area contributed by atoms with E-state index in [1.807, 2.05) is 31.2 Å². The van der Waals surface area contributed by atoms with Crippen LogP contribution in [0.25, 0.3) is 0 Å². The molecule has 0 aliphatic carbocycles. The van der Waals surface area contributed by atoms with Crippen molar-refractivity contribution in [1.29, 1.82) is 0 Å². The summed E-state index contributed by atoms with van der Waals surface area (Å²) in [6.45, 7) is 5.72. The van der Waals surface area contributed by atoms with Crippen LogP contribution >= 0.6 is 0 Å². The number of nitrogens with zero attached hydrogens (tertiary/aromatic N) is 2. The predicted octanol–water partition coefficient (Wildman–Crippen LogP) is 1.98. The van der Waals surface area contributed by atoms with E-state index in [1.54, 1.807) is 18.4 Å². The lowest BCUT2D eigenvalue weighted by Gasteiger charge is -2.35. The second-order valence-corrected chi connectivity index (χ2v) is 6.08. The molecule has 24 heavy (non-hydrogen) atoms. The third kappa shape index (κ3) is 4.08. The van der Waals surface area contributed by atoms with Crippen molar-refractivity contribution in [2.24, 2.45) is 0 Å². The van der Waals surface area contributed by atoms with Crippen molar-refractivity contribution in [3.8, 4) is 5.75 Å². The standard InChI is InChI=1S/C18H23N3O3/c1-14(17-3-2-12-24-17)19-18(23)13-20-8-10-21(11-9-20)15-4-6-16(22)7-5-15/h2-7,12,14,22H,8-11,13H2,1H3,(H,19,23). The van der Waals surface area contributed by atoms with Gasteiger partial charge in [0.15, 0.2) is 0 Å². The molecule has 1 saturated heterocycles. The number of carbonyl (C=O) groups is 1. The largest absolute Gasteiger partial charge is 0.508 e. The molecule has 1 aliphatic rings. The summed E-state index contributed by atoms with van der Waals surface area (Å²) in [7, 11) is 0. The maximum absolute atomic E-state index is 12.2. The van der Waals surface area contributed by atoms with E-state index in [0.29, 0.717) is 6.54 Å². The normalized spacial score (nSPS) is 16.8. The first-order valence-corrected chi connectivity index (χ1v) is 8.21. The van der Waals surface area contributed by atoms with Gasteiger partial charge in [0, 0.05) is 31.9 Å². The van der Waals surface area contributed by atoms with Crippen LogP contribution in [-0.2, 0) is 4.79 Å². The lowest BCUT2D eigenvalue weighted by Crippen LogP contribution is -2.49. The lowest BCUT2D eigenvalue weighted by atomic mass is 10.2. The highest BCUT2D eigenvalue weighted by atomic mass is 16.3. The minimum atomic E-state index is -0.120. The highest BCUT2D eigenvalue weighted by Gasteiger charge is 2.20. The lowest BCUT2D eigenvalue weighted by molar-refractivity contribution is -0.123. The molecule has 2 aromatic rings. The Labute approximate surface area is 141 Å². The SMILES string of the molecule is CC(NC(=O)CN1CCN(c2ccc(O)cc2)CC1)c1ccco1. The number of carbonyl (C=O) groups excluding carboxylic acids is 1. The number of hydrogen-bond donors (Lipinski definition) is 2. The Morgan fingerprint density at radius 2 is 1.92 bits per heavy atom. The molecule has 0 radical (unpaired) electrons. The molecular formula is C18H23N3O3. The Balaban J connectivity index is 1.45. The van der Waals surface area contributed by atoms with E-state index < -0.39 is 0 Å². The fraction of sp³-hybridized carbons (Fsp3) is 0.389. The molecule has 0 saturated carbocycles. The molecule has 6 heteroatoms. The summed E-state index contributed by atoms with van der Waals surface area (Å²) >= 11 is 0. The number of phenols is 1. The molecule has 128 valence electrons. The number of rotatable bonds is 5. The van der Waals surface area contributed by atoms with Crippen LogP contribution in [-0.4, -0.2) is 48.6 Å². The zero-order valence-corrected chi connectivity index (χ0v) is 13.8. The van der Waals surface area contributed by atoms with E-state index in [2.05, 4.69) is 15.1 Å². The molecule has 1 unspecified atom stereocenters. The molecule has 2 N–H and O–H groups in total. The van der Waals surface area contributed by atoms with Gasteiger partial charge in [-0.3, -0.25) is 9.69 Å². The van der Waals surface area contributed by atoms with Crippen LogP contribution < -0.4 is 10.2 Å². The van der Waals surface area contributed by atoms with Crippen LogP contribution in [0, 0.1) is 0 Å². The number of furan rings is 1. The Bertz CT molecular complexity index is 647. The molecule has 3 rings (SSSR count). The fourth-order valence-electron chi connectivity index (χ4n) is 2.93. The van der Waals surface area contributed by atoms with Gasteiger partial charge in [-0.05, 0) is 43.3 Å². The van der Waals surface area contributed by atoms with Gasteiger partial charge in [-0.25, -0.2) is 0 Å². The number of aromatic hydroxyl groups is 1. The van der Waals surface area contributed by atoms with Crippen molar-refractivity contribution in [2.75, 3.05) is 37.6 Å². The summed E-state index contributed by atoms with van der Waals surface area (Å²) in [5.41, 5.74) is 1.10. The zero-order chi connectivity index (χ0) is 16.9. The minimum Gasteiger partial charge on any atom is -0.508 e. The van der Waals surface area contributed by atoms with Crippen molar-refractivity contribution in [3.63, 3.8) is 0 Å². The molecular weight excluding hydrogens is 306 g/mol. The van der Waals surface area contributed by atoms with Crippen LogP contribution in [0.1, 0.15) is 18.7 Å². The summed E-state index contributed by atoms with van der Waals surface area (Å²) in [5.74, 6) is 1.05. The van der Waals surface area contributed by atoms with Gasteiger partial charge in [0.05, 0.1) is 18.8 Å². The van der Waals surface area contributed by atoms with E-state index in [4.69, 9.17) is 4.42 Å². The quantitative estimate of drug-likeness (QED) is 0.878. The van der Waals surface area contributed by atoms with Gasteiger partial charge in [0.2, 0.25) is 5.91 Å². The Morgan fingerprint density at radius 3 is 2.54 bits per heavy atom. The predicted molar refractivity (Wildman–Crippen MR) is 92.0 cm³/mol. The Hall–Kier alpha value is -2.47. The number of phenolic OH excluding ortho intramolecular Hbond substituents is 1. The smallest absolute Gasteiger partial charge is 0.234 e. The average molecular weight is 329 g/mol. The minimum absolute atomic E-state index is 0.0111. The van der Waals surface area contributed by atoms with Crippen LogP contribution in [0.3, 0.4) is 0 Å². The van der Waals surface area contributed by atoms with Crippen molar-refractivity contribution in [2.45, 2.75) is 13.0 Å². The van der Waals surface area contributed by atoms with Gasteiger partial charge in [0.25, 0.3) is 0 Å². The number of piperazine rings is 1. The molecule has 1 aromatic carbocycles. The molecule has 1 aromatic heterocycles. The molecule has 6 nitrogen and oxygen atoms in total. The summed E-state index contributed by atoms with van der Waals surface area (Å²) in [5, 5.41) is 12.3. The first kappa shape index (κ1) is 16.4. The van der Waals surface area contributed by atoms with Crippen LogP contribution in [0.4, 0.5) is 5.69 Å². The van der Waals surface area contributed by atoms with E-state index in [1.165, 1.54) is 0 Å². The first-order chi connectivity index (χ1) is 11.6. The summed E-state index contributed by atoms with van der Waals surface area (Å²) in [6.07, 6.45) is 1.61. The van der Waals surface area contributed by atoms with Crippen LogP contribution in [0.2, 0.25) is 0 Å². The number of amides is 1. The van der Waals surface area contributed by atoms with Crippen molar-refractivity contribution < 1.29 is 14.3 Å². The van der Waals surface area contributed by atoms with E-state index >= 15 is 0 Å². The second kappa shape index (κ2) is 7.40. The van der Waals surface area contributed by atoms with Gasteiger partial charge in [-0.15, -0.1) is 0 Å². The molecule has 1 atom stereocenters. The maximum Gasteiger partial charge on any atom is 0.234 e. The molecule has 0 bridgehead atoms. The van der Waals surface area contributed by atoms with Crippen LogP contribution in [0.15, 0.2) is 47.1 Å². The van der Waals surface area contributed by atoms with E-state index in [9.17, 15) is 9.90 Å². The highest BCUT2D eigenvalue weighted by molar-refractivity contribution is 5.78. The van der Waals surface area contributed by atoms with E-state index in [0.717, 1.165) is 37.6 Å². The number of nitrogens with one attached hydrogen (secondary N) is 1. The van der Waals surface area contributed by atoms with Crippen molar-refractivity contribution >= 4 is 11.6 Å². The van der Waals surface area contributed by atoms with E-state index in [-0.39, 0.29) is 17.7 Å². The number of hydrogen-bond acceptors (Lipinski definition) is 5. The molecule has 1 fully saturated rings. The summed E-state index contributed by atoms with van der Waals surface area (Å²) < 4.78 is 5.30. The van der Waals surface area contributed by atoms with Crippen molar-refractivity contribution in [1.82, 2.24) is 10.2 Å². The van der Waals surface area contributed by atoms with Gasteiger partial charge in [-0.1, -0.05) is 0 Å². The third-order valence-electron chi connectivity index (χ3n) is 4.30. The molecule has 1 aliphatic heterocycles. The molecule has 0 spiro atoms. The first-order valence-electron chi connectivity index (χ1n) is 8.21. The third-order valence-corrected chi connectivity index (χ3v) is 4.30. The molecule has 1 amide bonds. The van der Waals surface area contributed by atoms with Crippen LogP contribution in [0.5, 0.6) is 5.75 Å². The fourth-order valence-corrected chi connectivity index (χ4v) is 2.93. The average Bonchev–Trinajstić information content (AvgIpc) is 3.11. The zero-order valence-electron chi connectivity index (χ0n) is 13.8. The monoisotopic (exact) mass is 329 g/mol. The Kier molecular flexibility index (Phi) is 5.05. The second-order valence-electron chi connectivity index (χ2n) is 6.08. The maximum atomic E-state index is 12.2. The Morgan fingerprint density at radius 1 is 1.21 bits per heavy atom. The number of benzene rings is 1. The van der Waals surface area contributed by atoms with Gasteiger partial charge < -0.3 is 19.7 Å². The van der Waals surface area contributed by atoms with Gasteiger partial charge >= 0.3 is 0 Å². The number of anilines is 1. The van der Waals surface area contributed by atoms with Gasteiger partial charge in [0.1, 0.15) is 11.5 Å². The highest BCUT2D eigenvalue weighted by Crippen LogP contribution is 2.19. The van der Waals surface area contributed by atoms with Gasteiger partial charge in [-0.2, -0.15) is 0 Å².